The number of carbonyl (C=O) groups is 8. The molecular formula is C63H66N12O13S6. The van der Waals surface area contributed by atoms with Crippen molar-refractivity contribution >= 4 is 121 Å². The molecule has 3 aliphatic rings. The Balaban J connectivity index is 0.977. The summed E-state index contributed by atoms with van der Waals surface area (Å²) in [6, 6.07) is 9.69. The van der Waals surface area contributed by atoms with Gasteiger partial charge in [-0.1, -0.05) is 44.2 Å². The molecule has 0 radical (unpaired) electrons. The molecule has 2 saturated carbocycles. The molecule has 0 saturated heterocycles. The van der Waals surface area contributed by atoms with Crippen LogP contribution >= 0.6 is 68.0 Å². The van der Waals surface area contributed by atoms with E-state index < -0.39 is 96.3 Å². The number of carboxylic acid groups (broad SMARTS) is 2. The van der Waals surface area contributed by atoms with Crippen LogP contribution in [-0.2, 0) is 35.3 Å². The molecule has 8 heterocycles. The Labute approximate surface area is 562 Å². The Morgan fingerprint density at radius 1 is 0.681 bits per heavy atom. The van der Waals surface area contributed by atoms with Crippen LogP contribution in [0.3, 0.4) is 0 Å². The number of fused-ring (bicyclic) bond motifs is 14. The first kappa shape index (κ1) is 67.3. The van der Waals surface area contributed by atoms with Crippen molar-refractivity contribution in [1.29, 1.82) is 0 Å². The number of aromatic nitrogens is 7. The van der Waals surface area contributed by atoms with E-state index in [0.29, 0.717) is 125 Å². The number of carboxylic acids is 2. The molecule has 94 heavy (non-hydrogen) atoms. The van der Waals surface area contributed by atoms with Crippen LogP contribution in [0.5, 0.6) is 0 Å². The second kappa shape index (κ2) is 29.6. The van der Waals surface area contributed by atoms with E-state index in [4.69, 9.17) is 44.4 Å². The molecule has 25 nitrogen and oxygen atoms in total. The van der Waals surface area contributed by atoms with Crippen LogP contribution in [0.25, 0.3) is 43.4 Å². The number of anilines is 1. The predicted molar refractivity (Wildman–Crippen MR) is 354 cm³/mol. The van der Waals surface area contributed by atoms with Gasteiger partial charge in [-0.3, -0.25) is 38.5 Å². The molecule has 1 unspecified atom stereocenters. The van der Waals surface area contributed by atoms with E-state index >= 15 is 0 Å². The van der Waals surface area contributed by atoms with Crippen LogP contribution < -0.4 is 26.2 Å². The lowest BCUT2D eigenvalue weighted by Crippen LogP contribution is -2.45. The first-order chi connectivity index (χ1) is 45.2. The minimum Gasteiger partial charge on any atom is -0.481 e. The summed E-state index contributed by atoms with van der Waals surface area (Å²) in [4.78, 5) is 145. The lowest BCUT2D eigenvalue weighted by atomic mass is 9.85. The van der Waals surface area contributed by atoms with Crippen molar-refractivity contribution in [3.8, 4) is 43.4 Å². The lowest BCUT2D eigenvalue weighted by molar-refractivity contribution is -0.144. The number of aliphatic hydroxyl groups excluding tert-OH is 1. The maximum Gasteiger partial charge on any atom is 0.416 e. The highest BCUT2D eigenvalue weighted by molar-refractivity contribution is 7.15. The van der Waals surface area contributed by atoms with Crippen molar-refractivity contribution in [2.75, 3.05) is 25.6 Å². The highest BCUT2D eigenvalue weighted by Crippen LogP contribution is 2.42. The van der Waals surface area contributed by atoms with E-state index in [2.05, 4.69) is 21.3 Å². The van der Waals surface area contributed by atoms with Gasteiger partial charge in [-0.25, -0.2) is 39.7 Å². The van der Waals surface area contributed by atoms with Crippen LogP contribution in [0, 0.1) is 24.7 Å². The first-order valence-electron chi connectivity index (χ1n) is 30.3. The highest BCUT2D eigenvalue weighted by atomic mass is 32.1. The van der Waals surface area contributed by atoms with Crippen molar-refractivity contribution in [1.82, 2.24) is 56.2 Å². The van der Waals surface area contributed by atoms with E-state index in [1.165, 1.54) is 75.7 Å². The molecule has 492 valence electrons. The van der Waals surface area contributed by atoms with Crippen LogP contribution in [0.2, 0.25) is 0 Å². The summed E-state index contributed by atoms with van der Waals surface area (Å²) >= 11 is 7.18. The minimum absolute atomic E-state index is 0.00625. The molecule has 2 aliphatic carbocycles. The first-order valence-corrected chi connectivity index (χ1v) is 35.5. The number of carbonyl (C=O) groups excluding carboxylic acids is 6. The molecular weight excluding hydrogens is 1330 g/mol. The fourth-order valence-electron chi connectivity index (χ4n) is 11.6. The number of nitrogens with zero attached hydrogens (tertiary/aromatic N) is 8. The number of rotatable bonds is 13. The van der Waals surface area contributed by atoms with Gasteiger partial charge in [-0.05, 0) is 81.9 Å². The normalized spacial score (nSPS) is 20.9. The molecule has 7 aromatic heterocycles. The second-order valence-electron chi connectivity index (χ2n) is 23.3. The third-order valence-corrected chi connectivity index (χ3v) is 22.5. The van der Waals surface area contributed by atoms with Gasteiger partial charge in [0.15, 0.2) is 5.78 Å². The van der Waals surface area contributed by atoms with Crippen LogP contribution in [0.4, 0.5) is 10.6 Å². The number of ether oxygens (including phenoxy) is 2. The number of thiazole rings is 6. The number of ketones is 1. The van der Waals surface area contributed by atoms with Gasteiger partial charge in [-0.15, -0.1) is 68.0 Å². The average Bonchev–Trinajstić information content (AvgIpc) is 1.73. The number of methoxy groups -OCH3 is 1. The van der Waals surface area contributed by atoms with Crippen molar-refractivity contribution in [2.45, 2.75) is 128 Å². The smallest absolute Gasteiger partial charge is 0.416 e. The zero-order valence-corrected chi connectivity index (χ0v) is 56.4. The van der Waals surface area contributed by atoms with Gasteiger partial charge < -0.3 is 46.1 Å². The summed E-state index contributed by atoms with van der Waals surface area (Å²) < 4.78 is 11.6. The molecule has 11 rings (SSSR count). The minimum atomic E-state index is -1.30. The molecule has 1 aliphatic heterocycles. The monoisotopic (exact) mass is 1390 g/mol. The van der Waals surface area contributed by atoms with Crippen molar-refractivity contribution < 1.29 is 63.1 Å². The molecule has 0 spiro atoms. The number of aliphatic hydroxyl groups is 1. The third kappa shape index (κ3) is 15.2. The molecule has 1 aromatic carbocycles. The number of nitrogens with one attached hydrogen (secondary N) is 4. The second-order valence-corrected chi connectivity index (χ2v) is 29.2. The maximum absolute atomic E-state index is 14.5. The number of hydrogen-bond acceptors (Lipinski definition) is 24. The lowest BCUT2D eigenvalue weighted by Gasteiger charge is -2.35. The molecule has 2 fully saturated rings. The number of hydrogen-bond donors (Lipinski definition) is 7. The summed E-state index contributed by atoms with van der Waals surface area (Å²) in [7, 11) is 2.95. The largest absolute Gasteiger partial charge is 0.481 e. The van der Waals surface area contributed by atoms with Gasteiger partial charge in [0.25, 0.3) is 11.8 Å². The topological polar surface area (TPSA) is 357 Å². The maximum atomic E-state index is 14.5. The zero-order valence-electron chi connectivity index (χ0n) is 51.5. The zero-order chi connectivity index (χ0) is 66.5. The number of benzene rings is 1. The number of pyridine rings is 1. The standard InChI is InChI=1S/C63H66N12O13S6/c1-29(2)37-21-43(76)48-30(3)93-59(73-48)39(22-46(77)64-4)67-53(80)41-26-89-55(69-41)36-19-20-38(57-71-45(28-92-57)75(34-15-11-32(12-16-34)61(82)83)63(86)88-35-17-13-33(14-18-35)62(84)85)66-49(36)40-25-90-58(68-40)42-27-91-60(70-42)51(52(79)31-9-7-6-8-10-31)72-47(78)23-65-54(81)50-44(24-87-5)94-56(37)74-50/h6-10,19-20,25-29,32-35,37,39,51-52,79H,11-18,21-24H2,1-5H3,(H,64,77)(H,65,81)(H,67,80)(H,72,78)(H,82,83)(H,84,85)/t32?,33?,34?,35?,37?,39-,51-,52-/m0/s1. The van der Waals surface area contributed by atoms with Crippen LogP contribution in [0.1, 0.15) is 164 Å². The number of Topliss-reactive ketones (excluding diaryl/α,β-unsaturated/α-hetero) is 1. The van der Waals surface area contributed by atoms with Gasteiger partial charge in [-0.2, -0.15) is 0 Å². The molecule has 4 atom stereocenters. The SMILES string of the molecule is CNC(=O)C[C@@H]1NC(=O)c2csc(n2)-c2ccc(-c3nc(N(C(=O)OC4CCC(C(=O)O)CC4)C4CCC(C(=O)O)CC4)cs3)nc2-c2csc(n2)-c2csc(n2)[C@H]([C@@H](O)c2ccccc2)NC(=O)CNC(=O)c2nc(sc2COC)C(C(C)C)CC(=O)c2nc1sc2C. The third-order valence-electron chi connectivity index (χ3n) is 16.7. The van der Waals surface area contributed by atoms with E-state index in [-0.39, 0.29) is 54.0 Å². The molecule has 7 N–H and O–H groups in total. The molecule has 31 heteroatoms. The highest BCUT2D eigenvalue weighted by Gasteiger charge is 2.38. The number of amides is 5. The summed E-state index contributed by atoms with van der Waals surface area (Å²) in [5, 5.41) is 51.8. The summed E-state index contributed by atoms with van der Waals surface area (Å²) in [6.07, 6.45) is 0.0863. The Morgan fingerprint density at radius 2 is 1.34 bits per heavy atom. The fraction of sp³-hybridized carbons (Fsp3) is 0.413. The average molecular weight is 1390 g/mol. The van der Waals surface area contributed by atoms with E-state index in [9.17, 15) is 53.7 Å². The van der Waals surface area contributed by atoms with E-state index in [0.717, 1.165) is 11.3 Å². The number of aliphatic carboxylic acids is 2. The van der Waals surface area contributed by atoms with Crippen molar-refractivity contribution in [2.24, 2.45) is 17.8 Å². The van der Waals surface area contributed by atoms with E-state index in [1.807, 2.05) is 13.8 Å². The van der Waals surface area contributed by atoms with Crippen LogP contribution in [-0.4, -0.2) is 130 Å². The van der Waals surface area contributed by atoms with Gasteiger partial charge in [0, 0.05) is 64.5 Å². The quantitative estimate of drug-likeness (QED) is 0.0564. The summed E-state index contributed by atoms with van der Waals surface area (Å²) in [6.45, 7) is 5.11. The fourth-order valence-corrected chi connectivity index (χ4v) is 17.2. The predicted octanol–water partition coefficient (Wildman–Crippen LogP) is 10.4. The Kier molecular flexibility index (Phi) is 21.2. The van der Waals surface area contributed by atoms with Crippen LogP contribution in [0.15, 0.2) is 64.0 Å². The van der Waals surface area contributed by atoms with Gasteiger partial charge in [0.1, 0.15) is 83.3 Å². The van der Waals surface area contributed by atoms with Gasteiger partial charge in [0.2, 0.25) is 11.8 Å². The Bertz CT molecular complexity index is 4130. The van der Waals surface area contributed by atoms with Gasteiger partial charge in [0.05, 0.1) is 53.0 Å². The number of aryl methyl sites for hydroxylation is 1. The molecule has 10 bridgehead atoms. The molecule has 5 amide bonds. The van der Waals surface area contributed by atoms with Crippen molar-refractivity contribution in [3.63, 3.8) is 0 Å². The summed E-state index contributed by atoms with van der Waals surface area (Å²) in [5.41, 5.74) is 2.60. The van der Waals surface area contributed by atoms with Crippen molar-refractivity contribution in [3.05, 3.63) is 111 Å². The van der Waals surface area contributed by atoms with E-state index in [1.54, 1.807) is 70.9 Å². The summed E-state index contributed by atoms with van der Waals surface area (Å²) in [5.74, 6) is -5.93. The molecule has 8 aromatic rings. The Morgan fingerprint density at radius 3 is 2.04 bits per heavy atom. The van der Waals surface area contributed by atoms with Gasteiger partial charge >= 0.3 is 18.0 Å². The Hall–Kier alpha value is -8.17.